The molecule has 0 aliphatic carbocycles. The quantitative estimate of drug-likeness (QED) is 0.0174. The van der Waals surface area contributed by atoms with E-state index in [1.165, 1.54) is 83.5 Å². The Labute approximate surface area is 345 Å². The van der Waals surface area contributed by atoms with Crippen molar-refractivity contribution in [1.29, 1.82) is 0 Å². The summed E-state index contributed by atoms with van der Waals surface area (Å²) in [5.74, 6) is -11.8. The zero-order chi connectivity index (χ0) is 42.8. The first-order chi connectivity index (χ1) is 27.1. The molecule has 0 saturated carbocycles. The molecule has 0 amide bonds. The van der Waals surface area contributed by atoms with Crippen molar-refractivity contribution in [2.24, 2.45) is 0 Å². The summed E-state index contributed by atoms with van der Waals surface area (Å²) in [5.41, 5.74) is 0. The second-order valence-corrected chi connectivity index (χ2v) is 16.4. The number of ether oxygens (including phenoxy) is 2. The zero-order valence-corrected chi connectivity index (χ0v) is 36.4. The summed E-state index contributed by atoms with van der Waals surface area (Å²) in [5, 5.41) is 80.7. The van der Waals surface area contributed by atoms with Gasteiger partial charge in [-0.1, -0.05) is 156 Å². The highest BCUT2D eigenvalue weighted by Crippen LogP contribution is 2.23. The number of nitrogens with zero attached hydrogens (tertiary/aromatic N) is 1. The van der Waals surface area contributed by atoms with Gasteiger partial charge in [0, 0.05) is 19.5 Å². The molecule has 0 fully saturated rings. The third-order valence-electron chi connectivity index (χ3n) is 10.9. The fraction of sp³-hybridized carbons (Fsp3) is 0.955. The van der Waals surface area contributed by atoms with E-state index >= 15 is 0 Å². The Balaban J connectivity index is 4.69. The van der Waals surface area contributed by atoms with E-state index in [0.29, 0.717) is 32.1 Å². The molecule has 0 bridgehead atoms. The Morgan fingerprint density at radius 2 is 0.895 bits per heavy atom. The van der Waals surface area contributed by atoms with Crippen LogP contribution in [0.4, 0.5) is 0 Å². The molecule has 0 aromatic carbocycles. The van der Waals surface area contributed by atoms with E-state index in [9.17, 15) is 50.4 Å². The van der Waals surface area contributed by atoms with Gasteiger partial charge < -0.3 is 50.3 Å². The summed E-state index contributed by atoms with van der Waals surface area (Å²) < 4.78 is 10.9. The Hall–Kier alpha value is -1.42. The minimum Gasteiger partial charge on any atom is -0.462 e. The maximum absolute atomic E-state index is 12.8. The van der Waals surface area contributed by atoms with Crippen molar-refractivity contribution in [3.63, 3.8) is 0 Å². The van der Waals surface area contributed by atoms with E-state index in [-0.39, 0.29) is 45.1 Å². The molecule has 0 spiro atoms. The van der Waals surface area contributed by atoms with E-state index in [1.807, 2.05) is 0 Å². The van der Waals surface area contributed by atoms with Gasteiger partial charge >= 0.3 is 23.8 Å². The van der Waals surface area contributed by atoms with Gasteiger partial charge in [0.1, 0.15) is 6.10 Å². The molecule has 0 aromatic rings. The van der Waals surface area contributed by atoms with Gasteiger partial charge in [0.15, 0.2) is 6.10 Å². The van der Waals surface area contributed by atoms with Crippen molar-refractivity contribution in [1.82, 2.24) is 4.90 Å². The Bertz CT molecular complexity index is 942. The molecule has 13 nitrogen and oxygen atoms in total. The highest BCUT2D eigenvalue weighted by Gasteiger charge is 2.51. The SMILES string of the molecule is CCCCCCCCCCCOC(=O)C(O)(O)CCCCN(CCCCCCC(O)C(=O)OC(CCCCCCCC)CCCCCCCC)C(O)(O)C(O)(O)O. The molecule has 0 saturated heterocycles. The summed E-state index contributed by atoms with van der Waals surface area (Å²) in [6, 6.07) is 0. The Kier molecular flexibility index (Phi) is 33.5. The maximum atomic E-state index is 12.8. The molecule has 0 radical (unpaired) electrons. The van der Waals surface area contributed by atoms with Crippen LogP contribution >= 0.6 is 0 Å². The Morgan fingerprint density at radius 3 is 1.35 bits per heavy atom. The lowest BCUT2D eigenvalue weighted by molar-refractivity contribution is -0.486. The lowest BCUT2D eigenvalue weighted by atomic mass is 10.0. The highest BCUT2D eigenvalue weighted by atomic mass is 16.7. The predicted molar refractivity (Wildman–Crippen MR) is 222 cm³/mol. The summed E-state index contributed by atoms with van der Waals surface area (Å²) in [7, 11) is 0. The van der Waals surface area contributed by atoms with Gasteiger partial charge in [-0.05, 0) is 57.8 Å². The second kappa shape index (κ2) is 34.3. The predicted octanol–water partition coefficient (Wildman–Crippen LogP) is 7.21. The van der Waals surface area contributed by atoms with Crippen LogP contribution in [0.1, 0.15) is 220 Å². The van der Waals surface area contributed by atoms with E-state index in [0.717, 1.165) is 62.7 Å². The maximum Gasteiger partial charge on any atom is 0.366 e. The molecule has 0 aliphatic rings. The first-order valence-electron chi connectivity index (χ1n) is 23.0. The van der Waals surface area contributed by atoms with E-state index in [4.69, 9.17) is 9.47 Å². The summed E-state index contributed by atoms with van der Waals surface area (Å²) >= 11 is 0. The van der Waals surface area contributed by atoms with Gasteiger partial charge in [-0.25, -0.2) is 14.5 Å². The summed E-state index contributed by atoms with van der Waals surface area (Å²) in [6.07, 6.45) is 25.7. The normalized spacial score (nSPS) is 13.1. The van der Waals surface area contributed by atoms with E-state index in [1.54, 1.807) is 0 Å². The van der Waals surface area contributed by atoms with Crippen molar-refractivity contribution >= 4 is 11.9 Å². The number of carbonyl (C=O) groups excluding carboxylic acids is 2. The molecule has 0 rings (SSSR count). The van der Waals surface area contributed by atoms with Crippen molar-refractivity contribution in [2.75, 3.05) is 19.7 Å². The largest absolute Gasteiger partial charge is 0.462 e. The third-order valence-corrected chi connectivity index (χ3v) is 10.9. The molecular weight excluding hydrogens is 734 g/mol. The number of esters is 2. The molecule has 8 N–H and O–H groups in total. The number of unbranched alkanes of at least 4 members (excludes halogenated alkanes) is 22. The fourth-order valence-corrected chi connectivity index (χ4v) is 7.03. The van der Waals surface area contributed by atoms with Gasteiger partial charge in [0.2, 0.25) is 0 Å². The van der Waals surface area contributed by atoms with Crippen molar-refractivity contribution in [2.45, 2.75) is 250 Å². The third kappa shape index (κ3) is 28.6. The fourth-order valence-electron chi connectivity index (χ4n) is 7.03. The zero-order valence-electron chi connectivity index (χ0n) is 36.4. The number of carbonyl (C=O) groups is 2. The molecule has 57 heavy (non-hydrogen) atoms. The highest BCUT2D eigenvalue weighted by molar-refractivity contribution is 5.77. The molecule has 0 aliphatic heterocycles. The van der Waals surface area contributed by atoms with Crippen LogP contribution in [0.15, 0.2) is 0 Å². The molecule has 340 valence electrons. The smallest absolute Gasteiger partial charge is 0.366 e. The van der Waals surface area contributed by atoms with Crippen LogP contribution in [0.2, 0.25) is 0 Å². The van der Waals surface area contributed by atoms with Gasteiger partial charge in [0.05, 0.1) is 6.61 Å². The lowest BCUT2D eigenvalue weighted by Gasteiger charge is -2.39. The van der Waals surface area contributed by atoms with Gasteiger partial charge in [-0.3, -0.25) is 0 Å². The van der Waals surface area contributed by atoms with Gasteiger partial charge in [-0.2, -0.15) is 0 Å². The average Bonchev–Trinajstić information content (AvgIpc) is 3.16. The topological polar surface area (TPSA) is 218 Å². The van der Waals surface area contributed by atoms with Crippen LogP contribution in [0.3, 0.4) is 0 Å². The molecule has 1 atom stereocenters. The summed E-state index contributed by atoms with van der Waals surface area (Å²) in [6.45, 7) is 6.37. The molecular formula is C44H87NO12. The van der Waals surface area contributed by atoms with Crippen LogP contribution in [0, 0.1) is 0 Å². The Morgan fingerprint density at radius 1 is 0.509 bits per heavy atom. The van der Waals surface area contributed by atoms with Crippen molar-refractivity contribution in [3.05, 3.63) is 0 Å². The number of aliphatic hydroxyl groups excluding tert-OH is 1. The number of aliphatic hydroxyl groups is 8. The first kappa shape index (κ1) is 55.6. The average molecular weight is 822 g/mol. The second-order valence-electron chi connectivity index (χ2n) is 16.4. The monoisotopic (exact) mass is 822 g/mol. The minimum atomic E-state index is -3.87. The van der Waals surface area contributed by atoms with Crippen molar-refractivity contribution in [3.8, 4) is 0 Å². The van der Waals surface area contributed by atoms with E-state index in [2.05, 4.69) is 20.8 Å². The van der Waals surface area contributed by atoms with Crippen LogP contribution < -0.4 is 0 Å². The summed E-state index contributed by atoms with van der Waals surface area (Å²) in [4.78, 5) is 25.9. The van der Waals surface area contributed by atoms with Crippen LogP contribution in [-0.2, 0) is 19.1 Å². The molecule has 1 unspecified atom stereocenters. The number of rotatable bonds is 41. The number of hydrogen-bond acceptors (Lipinski definition) is 13. The van der Waals surface area contributed by atoms with Crippen LogP contribution in [-0.4, -0.2) is 107 Å². The number of hydrogen-bond donors (Lipinski definition) is 8. The van der Waals surface area contributed by atoms with E-state index < -0.39 is 42.1 Å². The van der Waals surface area contributed by atoms with Crippen LogP contribution in [0.5, 0.6) is 0 Å². The lowest BCUT2D eigenvalue weighted by Crippen LogP contribution is -2.65. The first-order valence-corrected chi connectivity index (χ1v) is 23.0. The molecule has 0 heterocycles. The van der Waals surface area contributed by atoms with Gasteiger partial charge in [-0.15, -0.1) is 0 Å². The van der Waals surface area contributed by atoms with Gasteiger partial charge in [0.25, 0.3) is 5.79 Å². The molecule has 0 aromatic heterocycles. The van der Waals surface area contributed by atoms with Crippen molar-refractivity contribution < 1.29 is 59.9 Å². The molecule has 13 heteroatoms. The standard InChI is InChI=1S/C44H87NO12/c1-4-7-10-13-16-17-18-23-30-37-56-41(48)42(49,50)34-27-29-36-45(43(51,52)44(53,54)55)35-28-22-21-26-33-39(46)40(47)57-38(31-24-19-14-11-8-5-2)32-25-20-15-12-9-6-3/h38-39,46,49-55H,4-37H2,1-3H3. The minimum absolute atomic E-state index is 0.0365. The van der Waals surface area contributed by atoms with Crippen LogP contribution in [0.25, 0.3) is 0 Å².